The summed E-state index contributed by atoms with van der Waals surface area (Å²) < 4.78 is 27.0. The lowest BCUT2D eigenvalue weighted by molar-refractivity contribution is 0.339. The summed E-state index contributed by atoms with van der Waals surface area (Å²) in [5, 5.41) is 6.74. The molecule has 1 N–H and O–H groups in total. The molecule has 19 heavy (non-hydrogen) atoms. The van der Waals surface area contributed by atoms with Crippen molar-refractivity contribution in [3.8, 4) is 0 Å². The molecule has 1 aromatic heterocycles. The van der Waals surface area contributed by atoms with Crippen molar-refractivity contribution in [2.75, 3.05) is 13.1 Å². The smallest absolute Gasteiger partial charge is 0.246 e. The van der Waals surface area contributed by atoms with Crippen LogP contribution in [0.3, 0.4) is 0 Å². The monoisotopic (exact) mass is 287 g/mol. The third-order valence-corrected chi connectivity index (χ3v) is 5.83. The van der Waals surface area contributed by atoms with Crippen molar-refractivity contribution in [2.24, 2.45) is 5.92 Å². The van der Waals surface area contributed by atoms with Gasteiger partial charge >= 0.3 is 0 Å². The Morgan fingerprint density at radius 3 is 2.16 bits per heavy atom. The molecule has 0 saturated carbocycles. The zero-order valence-corrected chi connectivity index (χ0v) is 13.3. The van der Waals surface area contributed by atoms with Gasteiger partial charge in [0.05, 0.1) is 11.4 Å². The molecule has 110 valence electrons. The van der Waals surface area contributed by atoms with Crippen LogP contribution in [0.5, 0.6) is 0 Å². The number of sulfonamides is 1. The molecule has 0 spiro atoms. The second-order valence-electron chi connectivity index (χ2n) is 4.90. The van der Waals surface area contributed by atoms with Crippen molar-refractivity contribution in [1.29, 1.82) is 0 Å². The maximum atomic E-state index is 12.7. The summed E-state index contributed by atoms with van der Waals surface area (Å²) >= 11 is 0. The number of nitrogens with one attached hydrogen (secondary N) is 1. The topological polar surface area (TPSA) is 66.1 Å². The van der Waals surface area contributed by atoms with Crippen molar-refractivity contribution in [1.82, 2.24) is 14.5 Å². The van der Waals surface area contributed by atoms with Crippen molar-refractivity contribution < 1.29 is 8.42 Å². The molecule has 0 fully saturated rings. The van der Waals surface area contributed by atoms with Gasteiger partial charge in [-0.2, -0.15) is 9.40 Å². The van der Waals surface area contributed by atoms with Gasteiger partial charge in [0.1, 0.15) is 4.90 Å². The summed E-state index contributed by atoms with van der Waals surface area (Å²) in [5.41, 5.74) is 1.15. The van der Waals surface area contributed by atoms with E-state index in [1.165, 1.54) is 0 Å². The zero-order chi connectivity index (χ0) is 14.6. The van der Waals surface area contributed by atoms with Crippen LogP contribution < -0.4 is 0 Å². The van der Waals surface area contributed by atoms with Crippen molar-refractivity contribution in [3.05, 3.63) is 11.4 Å². The molecule has 0 saturated heterocycles. The highest BCUT2D eigenvalue weighted by atomic mass is 32.2. The second-order valence-corrected chi connectivity index (χ2v) is 6.78. The van der Waals surface area contributed by atoms with Crippen LogP contribution in [0.15, 0.2) is 4.90 Å². The van der Waals surface area contributed by atoms with E-state index in [-0.39, 0.29) is 0 Å². The highest BCUT2D eigenvalue weighted by Crippen LogP contribution is 2.23. The SMILES string of the molecule is CCC(CC)CN(CC)S(=O)(=O)c1c(C)n[nH]c1C. The lowest BCUT2D eigenvalue weighted by Crippen LogP contribution is -2.35. The summed E-state index contributed by atoms with van der Waals surface area (Å²) in [5.74, 6) is 0.405. The lowest BCUT2D eigenvalue weighted by atomic mass is 10.0. The number of hydrogen-bond acceptors (Lipinski definition) is 3. The Labute approximate surface area is 116 Å². The molecular weight excluding hydrogens is 262 g/mol. The predicted octanol–water partition coefficient (Wildman–Crippen LogP) is 2.47. The molecule has 0 aromatic carbocycles. The van der Waals surface area contributed by atoms with Crippen molar-refractivity contribution in [3.63, 3.8) is 0 Å². The average molecular weight is 287 g/mol. The van der Waals surface area contributed by atoms with Crippen molar-refractivity contribution >= 4 is 10.0 Å². The van der Waals surface area contributed by atoms with Gasteiger partial charge < -0.3 is 0 Å². The molecule has 1 heterocycles. The minimum atomic E-state index is -3.44. The largest absolute Gasteiger partial charge is 0.281 e. The predicted molar refractivity (Wildman–Crippen MR) is 76.6 cm³/mol. The first kappa shape index (κ1) is 16.2. The molecule has 0 aliphatic rings. The van der Waals surface area contributed by atoms with Gasteiger partial charge in [-0.15, -0.1) is 0 Å². The van der Waals surface area contributed by atoms with Gasteiger partial charge in [0, 0.05) is 13.1 Å². The molecule has 1 aromatic rings. The van der Waals surface area contributed by atoms with E-state index in [1.807, 2.05) is 6.92 Å². The zero-order valence-electron chi connectivity index (χ0n) is 12.5. The minimum Gasteiger partial charge on any atom is -0.281 e. The van der Waals surface area contributed by atoms with Crippen molar-refractivity contribution in [2.45, 2.75) is 52.4 Å². The van der Waals surface area contributed by atoms with Gasteiger partial charge in [-0.25, -0.2) is 8.42 Å². The molecule has 0 bridgehead atoms. The second kappa shape index (κ2) is 6.52. The highest BCUT2D eigenvalue weighted by Gasteiger charge is 2.29. The standard InChI is InChI=1S/C13H25N3O2S/c1-6-12(7-2)9-16(8-3)19(17,18)13-10(4)14-15-11(13)5/h12H,6-9H2,1-5H3,(H,14,15). The van der Waals surface area contributed by atoms with Gasteiger partial charge in [0.15, 0.2) is 0 Å². The van der Waals surface area contributed by atoms with Crippen LogP contribution in [0.25, 0.3) is 0 Å². The Kier molecular flexibility index (Phi) is 5.55. The first-order chi connectivity index (χ1) is 8.88. The Bertz CT molecular complexity index is 484. The molecule has 1 rings (SSSR count). The fourth-order valence-corrected chi connectivity index (χ4v) is 4.14. The number of aryl methyl sites for hydroxylation is 2. The maximum absolute atomic E-state index is 12.7. The van der Waals surface area contributed by atoms with Gasteiger partial charge in [0.2, 0.25) is 10.0 Å². The number of rotatable bonds is 7. The highest BCUT2D eigenvalue weighted by molar-refractivity contribution is 7.89. The summed E-state index contributed by atoms with van der Waals surface area (Å²) in [4.78, 5) is 0.334. The van der Waals surface area contributed by atoms with E-state index in [2.05, 4.69) is 24.0 Å². The molecule has 0 unspecified atom stereocenters. The Morgan fingerprint density at radius 2 is 1.79 bits per heavy atom. The summed E-state index contributed by atoms with van der Waals surface area (Å²) in [6, 6.07) is 0. The Morgan fingerprint density at radius 1 is 1.21 bits per heavy atom. The number of aromatic amines is 1. The first-order valence-corrected chi connectivity index (χ1v) is 8.34. The third-order valence-electron chi connectivity index (χ3n) is 3.63. The van der Waals surface area contributed by atoms with E-state index in [9.17, 15) is 8.42 Å². The summed E-state index contributed by atoms with van der Waals surface area (Å²) in [7, 11) is -3.44. The van der Waals surface area contributed by atoms with Crippen LogP contribution in [0.2, 0.25) is 0 Å². The van der Waals surface area contributed by atoms with Crippen LogP contribution >= 0.6 is 0 Å². The molecular formula is C13H25N3O2S. The van der Waals surface area contributed by atoms with Crippen LogP contribution in [0, 0.1) is 19.8 Å². The number of aromatic nitrogens is 2. The molecule has 0 amide bonds. The van der Waals surface area contributed by atoms with Crippen LogP contribution in [0.4, 0.5) is 0 Å². The van der Waals surface area contributed by atoms with E-state index in [0.29, 0.717) is 35.3 Å². The average Bonchev–Trinajstić information content (AvgIpc) is 2.70. The molecule has 0 atom stereocenters. The molecule has 0 aliphatic carbocycles. The number of nitrogens with zero attached hydrogens (tertiary/aromatic N) is 2. The van der Waals surface area contributed by atoms with E-state index in [4.69, 9.17) is 0 Å². The summed E-state index contributed by atoms with van der Waals surface area (Å²) in [6.07, 6.45) is 1.98. The quantitative estimate of drug-likeness (QED) is 0.837. The minimum absolute atomic E-state index is 0.334. The molecule has 0 radical (unpaired) electrons. The Balaban J connectivity index is 3.09. The number of H-pyrrole nitrogens is 1. The van der Waals surface area contributed by atoms with E-state index >= 15 is 0 Å². The van der Waals surface area contributed by atoms with Crippen LogP contribution in [-0.4, -0.2) is 36.0 Å². The van der Waals surface area contributed by atoms with Gasteiger partial charge in [-0.1, -0.05) is 33.6 Å². The van der Waals surface area contributed by atoms with Gasteiger partial charge in [-0.3, -0.25) is 5.10 Å². The maximum Gasteiger partial charge on any atom is 0.246 e. The molecule has 0 aliphatic heterocycles. The fourth-order valence-electron chi connectivity index (χ4n) is 2.28. The fraction of sp³-hybridized carbons (Fsp3) is 0.769. The van der Waals surface area contributed by atoms with Crippen LogP contribution in [-0.2, 0) is 10.0 Å². The first-order valence-electron chi connectivity index (χ1n) is 6.90. The Hall–Kier alpha value is -0.880. The normalized spacial score (nSPS) is 12.6. The summed E-state index contributed by atoms with van der Waals surface area (Å²) in [6.45, 7) is 10.6. The van der Waals surface area contributed by atoms with Gasteiger partial charge in [0.25, 0.3) is 0 Å². The number of hydrogen-bond donors (Lipinski definition) is 1. The van der Waals surface area contributed by atoms with E-state index < -0.39 is 10.0 Å². The molecule has 5 nitrogen and oxygen atoms in total. The van der Waals surface area contributed by atoms with E-state index in [1.54, 1.807) is 18.2 Å². The lowest BCUT2D eigenvalue weighted by Gasteiger charge is -2.24. The van der Waals surface area contributed by atoms with Gasteiger partial charge in [-0.05, 0) is 19.8 Å². The van der Waals surface area contributed by atoms with E-state index in [0.717, 1.165) is 12.8 Å². The molecule has 6 heteroatoms. The third kappa shape index (κ3) is 3.36. The van der Waals surface area contributed by atoms with Crippen LogP contribution in [0.1, 0.15) is 45.0 Å².